The summed E-state index contributed by atoms with van der Waals surface area (Å²) >= 11 is 0. The van der Waals surface area contributed by atoms with Gasteiger partial charge in [-0.25, -0.2) is 0 Å². The predicted molar refractivity (Wildman–Crippen MR) is 80.8 cm³/mol. The fraction of sp³-hybridized carbons (Fsp3) is 0.471. The minimum atomic E-state index is 0.286. The molecular weight excluding hydrogens is 250 g/mol. The van der Waals surface area contributed by atoms with Crippen molar-refractivity contribution >= 4 is 0 Å². The van der Waals surface area contributed by atoms with Crippen molar-refractivity contribution in [3.8, 4) is 11.5 Å². The first kappa shape index (κ1) is 14.5. The van der Waals surface area contributed by atoms with Gasteiger partial charge in [0.2, 0.25) is 0 Å². The van der Waals surface area contributed by atoms with Crippen molar-refractivity contribution in [2.24, 2.45) is 5.92 Å². The third-order valence-electron chi connectivity index (χ3n) is 4.14. The van der Waals surface area contributed by atoms with E-state index in [-0.39, 0.29) is 5.75 Å². The molecule has 0 fully saturated rings. The highest BCUT2D eigenvalue weighted by atomic mass is 16.3. The van der Waals surface area contributed by atoms with Crippen LogP contribution in [0, 0.1) is 5.92 Å². The van der Waals surface area contributed by atoms with Crippen LogP contribution in [-0.4, -0.2) is 27.7 Å². The standard InChI is InChI=1S/C17H23NO2/c1-4-8-18(9-5-2)15-11-14-13(10-12(15)3)16(19)6-7-17(14)20/h6-8,12,15,19-20H,1,5,9-11H2,2-3H3. The van der Waals surface area contributed by atoms with Gasteiger partial charge in [-0.05, 0) is 37.3 Å². The zero-order chi connectivity index (χ0) is 14.7. The summed E-state index contributed by atoms with van der Waals surface area (Å²) in [7, 11) is 0. The molecule has 108 valence electrons. The number of benzene rings is 1. The molecule has 2 rings (SSSR count). The summed E-state index contributed by atoms with van der Waals surface area (Å²) in [5, 5.41) is 20.0. The molecule has 3 nitrogen and oxygen atoms in total. The molecule has 1 aromatic rings. The Balaban J connectivity index is 2.35. The minimum Gasteiger partial charge on any atom is -0.508 e. The second-order valence-electron chi connectivity index (χ2n) is 5.58. The van der Waals surface area contributed by atoms with Crippen molar-refractivity contribution < 1.29 is 10.2 Å². The largest absolute Gasteiger partial charge is 0.508 e. The molecule has 3 heteroatoms. The topological polar surface area (TPSA) is 43.7 Å². The first-order valence-electron chi connectivity index (χ1n) is 7.22. The summed E-state index contributed by atoms with van der Waals surface area (Å²) in [6.45, 7) is 8.96. The van der Waals surface area contributed by atoms with E-state index in [0.717, 1.165) is 36.9 Å². The van der Waals surface area contributed by atoms with Gasteiger partial charge in [0.25, 0.3) is 0 Å². The average Bonchev–Trinajstić information content (AvgIpc) is 2.43. The lowest BCUT2D eigenvalue weighted by Crippen LogP contribution is -2.41. The molecule has 2 atom stereocenters. The van der Waals surface area contributed by atoms with Crippen molar-refractivity contribution in [2.45, 2.75) is 39.2 Å². The lowest BCUT2D eigenvalue weighted by molar-refractivity contribution is 0.195. The fourth-order valence-corrected chi connectivity index (χ4v) is 3.14. The minimum absolute atomic E-state index is 0.286. The summed E-state index contributed by atoms with van der Waals surface area (Å²) in [6, 6.07) is 3.47. The van der Waals surface area contributed by atoms with Crippen LogP contribution in [0.1, 0.15) is 31.4 Å². The molecule has 0 saturated heterocycles. The molecule has 2 unspecified atom stereocenters. The van der Waals surface area contributed by atoms with Crippen LogP contribution in [0.2, 0.25) is 0 Å². The van der Waals surface area contributed by atoms with Crippen molar-refractivity contribution in [3.63, 3.8) is 0 Å². The number of hydrogen-bond donors (Lipinski definition) is 2. The molecular formula is C17H23NO2. The Morgan fingerprint density at radius 3 is 2.45 bits per heavy atom. The van der Waals surface area contributed by atoms with Gasteiger partial charge in [0.15, 0.2) is 0 Å². The van der Waals surface area contributed by atoms with Gasteiger partial charge in [-0.15, -0.1) is 5.73 Å². The van der Waals surface area contributed by atoms with Crippen LogP contribution >= 0.6 is 0 Å². The highest BCUT2D eigenvalue weighted by Gasteiger charge is 2.31. The lowest BCUT2D eigenvalue weighted by atomic mass is 9.79. The van der Waals surface area contributed by atoms with Crippen LogP contribution in [0.15, 0.2) is 30.6 Å². The molecule has 0 heterocycles. The van der Waals surface area contributed by atoms with Gasteiger partial charge in [-0.2, -0.15) is 0 Å². The molecule has 1 aliphatic carbocycles. The Morgan fingerprint density at radius 2 is 1.90 bits per heavy atom. The first-order valence-corrected chi connectivity index (χ1v) is 7.22. The normalized spacial score (nSPS) is 20.9. The van der Waals surface area contributed by atoms with Crippen LogP contribution in [0.5, 0.6) is 11.5 Å². The molecule has 0 aromatic heterocycles. The number of hydrogen-bond acceptors (Lipinski definition) is 3. The van der Waals surface area contributed by atoms with E-state index in [4.69, 9.17) is 0 Å². The van der Waals surface area contributed by atoms with Crippen molar-refractivity contribution in [2.75, 3.05) is 6.54 Å². The third kappa shape index (κ3) is 2.68. The van der Waals surface area contributed by atoms with E-state index < -0.39 is 0 Å². The van der Waals surface area contributed by atoms with Crippen molar-refractivity contribution in [1.82, 2.24) is 4.90 Å². The Kier molecular flexibility index (Phi) is 4.41. The smallest absolute Gasteiger partial charge is 0.119 e. The molecule has 0 radical (unpaired) electrons. The Labute approximate surface area is 120 Å². The SMILES string of the molecule is C=C=CN(CCC)C1Cc2c(O)ccc(O)c2CC1C. The first-order chi connectivity index (χ1) is 9.58. The van der Waals surface area contributed by atoms with Crippen LogP contribution in [-0.2, 0) is 12.8 Å². The maximum atomic E-state index is 10.1. The van der Waals surface area contributed by atoms with Crippen molar-refractivity contribution in [3.05, 3.63) is 41.8 Å². The maximum Gasteiger partial charge on any atom is 0.119 e. The van der Waals surface area contributed by atoms with Gasteiger partial charge in [0.05, 0.1) is 0 Å². The predicted octanol–water partition coefficient (Wildman–Crippen LogP) is 3.21. The van der Waals surface area contributed by atoms with Crippen LogP contribution in [0.4, 0.5) is 0 Å². The molecule has 20 heavy (non-hydrogen) atoms. The monoisotopic (exact) mass is 273 g/mol. The number of rotatable bonds is 4. The van der Waals surface area contributed by atoms with Gasteiger partial charge in [0, 0.05) is 29.9 Å². The molecule has 0 aliphatic heterocycles. The Morgan fingerprint density at radius 1 is 1.30 bits per heavy atom. The molecule has 0 amide bonds. The van der Waals surface area contributed by atoms with Crippen molar-refractivity contribution in [1.29, 1.82) is 0 Å². The van der Waals surface area contributed by atoms with E-state index in [0.29, 0.717) is 17.7 Å². The van der Waals surface area contributed by atoms with E-state index in [9.17, 15) is 10.2 Å². The van der Waals surface area contributed by atoms with E-state index in [1.54, 1.807) is 12.1 Å². The van der Waals surface area contributed by atoms with E-state index in [1.165, 1.54) is 0 Å². The summed E-state index contributed by atoms with van der Waals surface area (Å²) in [5.74, 6) is 0.990. The van der Waals surface area contributed by atoms with E-state index in [2.05, 4.69) is 31.1 Å². The molecule has 1 aromatic carbocycles. The number of phenols is 2. The maximum absolute atomic E-state index is 10.1. The Hall–Kier alpha value is -1.86. The summed E-state index contributed by atoms with van der Waals surface area (Å²) in [6.07, 6.45) is 4.50. The molecule has 0 saturated carbocycles. The fourth-order valence-electron chi connectivity index (χ4n) is 3.14. The van der Waals surface area contributed by atoms with Gasteiger partial charge < -0.3 is 15.1 Å². The zero-order valence-corrected chi connectivity index (χ0v) is 12.3. The van der Waals surface area contributed by atoms with Gasteiger partial charge in [-0.1, -0.05) is 20.4 Å². The number of nitrogens with zero attached hydrogens (tertiary/aromatic N) is 1. The number of fused-ring (bicyclic) bond motifs is 1. The van der Waals surface area contributed by atoms with Crippen LogP contribution in [0.25, 0.3) is 0 Å². The quantitative estimate of drug-likeness (QED) is 0.654. The highest BCUT2D eigenvalue weighted by molar-refractivity contribution is 5.49. The molecule has 0 spiro atoms. The number of phenolic OH excluding ortho intramolecular Hbond substituents is 2. The van der Waals surface area contributed by atoms with Gasteiger partial charge in [0.1, 0.15) is 11.5 Å². The second kappa shape index (κ2) is 6.06. The summed E-state index contributed by atoms with van der Waals surface area (Å²) < 4.78 is 0. The van der Waals surface area contributed by atoms with Crippen LogP contribution < -0.4 is 0 Å². The lowest BCUT2D eigenvalue weighted by Gasteiger charge is -2.38. The van der Waals surface area contributed by atoms with E-state index >= 15 is 0 Å². The van der Waals surface area contributed by atoms with E-state index in [1.807, 2.05) is 6.20 Å². The summed E-state index contributed by atoms with van der Waals surface area (Å²) in [5.41, 5.74) is 4.64. The highest BCUT2D eigenvalue weighted by Crippen LogP contribution is 2.38. The van der Waals surface area contributed by atoms with Crippen LogP contribution in [0.3, 0.4) is 0 Å². The zero-order valence-electron chi connectivity index (χ0n) is 12.3. The second-order valence-corrected chi connectivity index (χ2v) is 5.58. The van der Waals surface area contributed by atoms with Gasteiger partial charge in [-0.3, -0.25) is 0 Å². The summed E-state index contributed by atoms with van der Waals surface area (Å²) in [4.78, 5) is 2.25. The number of aromatic hydroxyl groups is 2. The average molecular weight is 273 g/mol. The molecule has 2 N–H and O–H groups in total. The molecule has 1 aliphatic rings. The Bertz CT molecular complexity index is 532. The molecule has 0 bridgehead atoms. The third-order valence-corrected chi connectivity index (χ3v) is 4.14. The van der Waals surface area contributed by atoms with Gasteiger partial charge >= 0.3 is 0 Å².